The van der Waals surface area contributed by atoms with Gasteiger partial charge < -0.3 is 19.9 Å². The molecule has 0 atom stereocenters. The Morgan fingerprint density at radius 3 is 2.63 bits per heavy atom. The molecular weight excluding hydrogens is 370 g/mol. The van der Waals surface area contributed by atoms with Gasteiger partial charge in [0.05, 0.1) is 23.0 Å². The largest absolute Gasteiger partial charge is 0.492 e. The predicted molar refractivity (Wildman–Crippen MR) is 104 cm³/mol. The third-order valence-corrected chi connectivity index (χ3v) is 3.74. The van der Waals surface area contributed by atoms with Crippen LogP contribution in [0.5, 0.6) is 5.75 Å². The van der Waals surface area contributed by atoms with Crippen LogP contribution in [0.25, 0.3) is 0 Å². The summed E-state index contributed by atoms with van der Waals surface area (Å²) in [6, 6.07) is 8.07. The van der Waals surface area contributed by atoms with Crippen molar-refractivity contribution in [2.24, 2.45) is 0 Å². The first-order valence-electron chi connectivity index (χ1n) is 8.20. The van der Waals surface area contributed by atoms with Crippen LogP contribution in [0.2, 0.25) is 5.02 Å². The number of rotatable bonds is 6. The molecule has 0 aliphatic rings. The number of aryl methyl sites for hydroxylation is 1. The highest BCUT2D eigenvalue weighted by Crippen LogP contribution is 2.36. The lowest BCUT2D eigenvalue weighted by Crippen LogP contribution is -2.20. The van der Waals surface area contributed by atoms with E-state index < -0.39 is 6.03 Å². The maximum atomic E-state index is 12.3. The monoisotopic (exact) mass is 387 g/mol. The molecule has 0 spiro atoms. The van der Waals surface area contributed by atoms with Gasteiger partial charge in [-0.3, -0.25) is 10.3 Å². The van der Waals surface area contributed by atoms with Crippen molar-refractivity contribution in [3.63, 3.8) is 0 Å². The lowest BCUT2D eigenvalue weighted by atomic mass is 10.2. The number of hydrogen-bond acceptors (Lipinski definition) is 6. The quantitative estimate of drug-likeness (QED) is 0.560. The average molecular weight is 388 g/mol. The van der Waals surface area contributed by atoms with E-state index in [-0.39, 0.29) is 0 Å². The third kappa shape index (κ3) is 4.89. The zero-order valence-electron chi connectivity index (χ0n) is 14.7. The molecular formula is C18H18ClN5O3. The highest BCUT2D eigenvalue weighted by molar-refractivity contribution is 6.32. The number of aromatic nitrogens is 2. The van der Waals surface area contributed by atoms with Gasteiger partial charge in [0, 0.05) is 30.2 Å². The number of nitrogens with zero attached hydrogens (tertiary/aromatic N) is 2. The fourth-order valence-electron chi connectivity index (χ4n) is 2.31. The lowest BCUT2D eigenvalue weighted by molar-refractivity contribution is 0.262. The molecule has 2 heterocycles. The highest BCUT2D eigenvalue weighted by Gasteiger charge is 2.14. The summed E-state index contributed by atoms with van der Waals surface area (Å²) >= 11 is 6.27. The Morgan fingerprint density at radius 2 is 1.96 bits per heavy atom. The number of benzene rings is 1. The minimum absolute atomic E-state index is 0.311. The maximum absolute atomic E-state index is 12.3. The fraction of sp³-hybridized carbons (Fsp3) is 0.167. The first-order chi connectivity index (χ1) is 13.0. The van der Waals surface area contributed by atoms with Gasteiger partial charge in [0.25, 0.3) is 0 Å². The van der Waals surface area contributed by atoms with E-state index >= 15 is 0 Å². The summed E-state index contributed by atoms with van der Waals surface area (Å²) in [7, 11) is 0. The van der Waals surface area contributed by atoms with Gasteiger partial charge in [-0.05, 0) is 32.0 Å². The molecule has 0 radical (unpaired) electrons. The van der Waals surface area contributed by atoms with Gasteiger partial charge in [0.1, 0.15) is 11.5 Å². The van der Waals surface area contributed by atoms with Crippen molar-refractivity contribution in [3.8, 4) is 5.75 Å². The van der Waals surface area contributed by atoms with E-state index in [0.29, 0.717) is 40.3 Å². The number of hydrogen-bond donors (Lipinski definition) is 3. The van der Waals surface area contributed by atoms with Gasteiger partial charge in [-0.15, -0.1) is 0 Å². The van der Waals surface area contributed by atoms with E-state index in [0.717, 1.165) is 5.69 Å². The van der Waals surface area contributed by atoms with Crippen molar-refractivity contribution in [2.75, 3.05) is 22.6 Å². The molecule has 0 aliphatic carbocycles. The summed E-state index contributed by atoms with van der Waals surface area (Å²) in [5.74, 6) is 1.41. The molecule has 3 rings (SSSR count). The van der Waals surface area contributed by atoms with Crippen LogP contribution < -0.4 is 20.7 Å². The molecule has 3 N–H and O–H groups in total. The first kappa shape index (κ1) is 18.5. The molecule has 0 fully saturated rings. The second-order valence-corrected chi connectivity index (χ2v) is 5.93. The Hall–Kier alpha value is -3.26. The SMILES string of the molecule is CCOc1cc(Nc2ccncc2)c(NC(=O)Nc2cc(C)on2)cc1Cl. The van der Waals surface area contributed by atoms with Gasteiger partial charge >= 0.3 is 6.03 Å². The van der Waals surface area contributed by atoms with E-state index in [4.69, 9.17) is 20.9 Å². The normalized spacial score (nSPS) is 10.3. The molecule has 140 valence electrons. The van der Waals surface area contributed by atoms with Crippen LogP contribution in [-0.4, -0.2) is 22.8 Å². The van der Waals surface area contributed by atoms with Crippen molar-refractivity contribution >= 4 is 40.5 Å². The molecule has 9 heteroatoms. The predicted octanol–water partition coefficient (Wildman–Crippen LogP) is 4.82. The molecule has 27 heavy (non-hydrogen) atoms. The van der Waals surface area contributed by atoms with Crippen LogP contribution in [0.15, 0.2) is 47.2 Å². The van der Waals surface area contributed by atoms with Crippen LogP contribution in [0.4, 0.5) is 27.7 Å². The summed E-state index contributed by atoms with van der Waals surface area (Å²) in [6.45, 7) is 4.07. The second-order valence-electron chi connectivity index (χ2n) is 5.52. The number of anilines is 4. The third-order valence-electron chi connectivity index (χ3n) is 3.45. The Bertz CT molecular complexity index is 930. The lowest BCUT2D eigenvalue weighted by Gasteiger charge is -2.16. The van der Waals surface area contributed by atoms with E-state index in [9.17, 15) is 4.79 Å². The molecule has 2 amide bonds. The Labute approximate surface area is 160 Å². The molecule has 0 saturated heterocycles. The Morgan fingerprint density at radius 1 is 1.19 bits per heavy atom. The van der Waals surface area contributed by atoms with Crippen molar-refractivity contribution in [1.29, 1.82) is 0 Å². The minimum atomic E-state index is -0.485. The summed E-state index contributed by atoms with van der Waals surface area (Å²) in [5, 5.41) is 12.7. The average Bonchev–Trinajstić information content (AvgIpc) is 3.04. The fourth-order valence-corrected chi connectivity index (χ4v) is 2.53. The van der Waals surface area contributed by atoms with Gasteiger partial charge in [-0.2, -0.15) is 0 Å². The number of carbonyl (C=O) groups is 1. The molecule has 8 nitrogen and oxygen atoms in total. The van der Waals surface area contributed by atoms with E-state index in [1.165, 1.54) is 0 Å². The van der Waals surface area contributed by atoms with E-state index in [2.05, 4.69) is 26.1 Å². The number of nitrogens with one attached hydrogen (secondary N) is 3. The second kappa shape index (κ2) is 8.41. The summed E-state index contributed by atoms with van der Waals surface area (Å²) in [6.07, 6.45) is 3.32. The molecule has 1 aromatic carbocycles. The first-order valence-corrected chi connectivity index (χ1v) is 8.57. The van der Waals surface area contributed by atoms with Crippen LogP contribution in [0.3, 0.4) is 0 Å². The van der Waals surface area contributed by atoms with Gasteiger partial charge in [0.15, 0.2) is 5.82 Å². The zero-order chi connectivity index (χ0) is 19.2. The number of pyridine rings is 1. The topological polar surface area (TPSA) is 101 Å². The van der Waals surface area contributed by atoms with Crippen molar-refractivity contribution in [1.82, 2.24) is 10.1 Å². The van der Waals surface area contributed by atoms with Crippen molar-refractivity contribution in [2.45, 2.75) is 13.8 Å². The Balaban J connectivity index is 1.85. The Kier molecular flexibility index (Phi) is 5.77. The molecule has 0 bridgehead atoms. The summed E-state index contributed by atoms with van der Waals surface area (Å²) in [5.41, 5.74) is 1.88. The number of ether oxygens (including phenoxy) is 1. The van der Waals surface area contributed by atoms with E-state index in [1.54, 1.807) is 49.6 Å². The number of halogens is 1. The van der Waals surface area contributed by atoms with Gasteiger partial charge in [-0.25, -0.2) is 4.79 Å². The molecule has 0 unspecified atom stereocenters. The highest BCUT2D eigenvalue weighted by atomic mass is 35.5. The zero-order valence-corrected chi connectivity index (χ0v) is 15.5. The minimum Gasteiger partial charge on any atom is -0.492 e. The maximum Gasteiger partial charge on any atom is 0.325 e. The van der Waals surface area contributed by atoms with Gasteiger partial charge in [-0.1, -0.05) is 16.8 Å². The van der Waals surface area contributed by atoms with Crippen LogP contribution in [0.1, 0.15) is 12.7 Å². The molecule has 0 saturated carbocycles. The summed E-state index contributed by atoms with van der Waals surface area (Å²) < 4.78 is 10.5. The number of urea groups is 1. The standard InChI is InChI=1S/C18H18ClN5O3/c1-3-26-16-10-15(21-12-4-6-20-7-5-12)14(9-13(16)19)22-18(25)23-17-8-11(2)27-24-17/h4-10H,3H2,1-2H3,(H,20,21)(H2,22,23,24,25). The van der Waals surface area contributed by atoms with E-state index in [1.807, 2.05) is 6.92 Å². The molecule has 2 aromatic heterocycles. The summed E-state index contributed by atoms with van der Waals surface area (Å²) in [4.78, 5) is 16.3. The molecule has 0 aliphatic heterocycles. The molecule has 3 aromatic rings. The van der Waals surface area contributed by atoms with Gasteiger partial charge in [0.2, 0.25) is 0 Å². The van der Waals surface area contributed by atoms with Crippen LogP contribution >= 0.6 is 11.6 Å². The smallest absolute Gasteiger partial charge is 0.325 e. The van der Waals surface area contributed by atoms with Crippen LogP contribution in [0, 0.1) is 6.92 Å². The van der Waals surface area contributed by atoms with Crippen LogP contribution in [-0.2, 0) is 0 Å². The van der Waals surface area contributed by atoms with Crippen molar-refractivity contribution in [3.05, 3.63) is 53.5 Å². The number of carbonyl (C=O) groups excluding carboxylic acids is 1. The number of amides is 2. The van der Waals surface area contributed by atoms with Crippen molar-refractivity contribution < 1.29 is 14.1 Å².